The van der Waals surface area contributed by atoms with Gasteiger partial charge in [-0.3, -0.25) is 4.79 Å². The van der Waals surface area contributed by atoms with Crippen LogP contribution in [0.5, 0.6) is 0 Å². The van der Waals surface area contributed by atoms with Gasteiger partial charge in [0.2, 0.25) is 0 Å². The maximum atomic E-state index is 11.7. The van der Waals surface area contributed by atoms with E-state index in [0.29, 0.717) is 0 Å². The molecule has 1 aromatic rings. The summed E-state index contributed by atoms with van der Waals surface area (Å²) < 4.78 is 23.4. The SMILES string of the molecule is CCS(=O)(=O)c1ccc(NC(CC(=O)O)C(C)C)cc1. The predicted octanol–water partition coefficient (Wildman–Crippen LogP) is 2.39. The Hall–Kier alpha value is -1.56. The van der Waals surface area contributed by atoms with Gasteiger partial charge in [-0.15, -0.1) is 0 Å². The van der Waals surface area contributed by atoms with E-state index in [1.165, 1.54) is 0 Å². The van der Waals surface area contributed by atoms with E-state index < -0.39 is 15.8 Å². The number of carboxylic acids is 1. The molecule has 5 nitrogen and oxygen atoms in total. The summed E-state index contributed by atoms with van der Waals surface area (Å²) in [4.78, 5) is 11.1. The van der Waals surface area contributed by atoms with Crippen LogP contribution in [-0.4, -0.2) is 31.3 Å². The second-order valence-corrected chi connectivity index (χ2v) is 7.30. The van der Waals surface area contributed by atoms with Crippen LogP contribution in [0.1, 0.15) is 27.2 Å². The van der Waals surface area contributed by atoms with Crippen molar-refractivity contribution in [3.63, 3.8) is 0 Å². The summed E-state index contributed by atoms with van der Waals surface area (Å²) in [6, 6.07) is 6.22. The summed E-state index contributed by atoms with van der Waals surface area (Å²) in [5.74, 6) is -0.639. The molecule has 0 aliphatic carbocycles. The summed E-state index contributed by atoms with van der Waals surface area (Å²) in [6.45, 7) is 5.48. The largest absolute Gasteiger partial charge is 0.481 e. The molecule has 2 N–H and O–H groups in total. The molecule has 1 unspecified atom stereocenters. The summed E-state index contributed by atoms with van der Waals surface area (Å²) >= 11 is 0. The Kier molecular flexibility index (Phi) is 5.56. The van der Waals surface area contributed by atoms with Gasteiger partial charge < -0.3 is 10.4 Å². The van der Waals surface area contributed by atoms with Crippen molar-refractivity contribution in [1.29, 1.82) is 0 Å². The first-order valence-corrected chi connectivity index (χ1v) is 8.22. The van der Waals surface area contributed by atoms with Crippen LogP contribution in [0.3, 0.4) is 0 Å². The molecule has 1 atom stereocenters. The number of sulfone groups is 1. The van der Waals surface area contributed by atoms with Gasteiger partial charge in [-0.1, -0.05) is 20.8 Å². The Morgan fingerprint density at radius 2 is 1.80 bits per heavy atom. The third-order valence-corrected chi connectivity index (χ3v) is 4.90. The standard InChI is InChI=1S/C14H21NO4S/c1-4-20(18,19)12-7-5-11(6-8-12)15-13(10(2)3)9-14(16)17/h5-8,10,13,15H,4,9H2,1-3H3,(H,16,17). The van der Waals surface area contributed by atoms with Crippen LogP contribution in [0, 0.1) is 5.92 Å². The number of anilines is 1. The number of aliphatic carboxylic acids is 1. The van der Waals surface area contributed by atoms with E-state index in [2.05, 4.69) is 5.32 Å². The fourth-order valence-electron chi connectivity index (χ4n) is 1.78. The average molecular weight is 299 g/mol. The van der Waals surface area contributed by atoms with Crippen molar-refractivity contribution in [3.05, 3.63) is 24.3 Å². The number of carbonyl (C=O) groups is 1. The van der Waals surface area contributed by atoms with Crippen LogP contribution in [-0.2, 0) is 14.6 Å². The minimum Gasteiger partial charge on any atom is -0.481 e. The number of hydrogen-bond donors (Lipinski definition) is 2. The van der Waals surface area contributed by atoms with Crippen LogP contribution < -0.4 is 5.32 Å². The maximum absolute atomic E-state index is 11.7. The molecule has 112 valence electrons. The molecule has 0 bridgehead atoms. The van der Waals surface area contributed by atoms with Crippen molar-refractivity contribution in [1.82, 2.24) is 0 Å². The van der Waals surface area contributed by atoms with E-state index in [1.54, 1.807) is 31.2 Å². The van der Waals surface area contributed by atoms with Gasteiger partial charge in [0.1, 0.15) is 0 Å². The molecular formula is C14H21NO4S. The van der Waals surface area contributed by atoms with E-state index in [1.807, 2.05) is 13.8 Å². The lowest BCUT2D eigenvalue weighted by molar-refractivity contribution is -0.137. The highest BCUT2D eigenvalue weighted by Gasteiger charge is 2.17. The second-order valence-electron chi connectivity index (χ2n) is 5.02. The van der Waals surface area contributed by atoms with E-state index >= 15 is 0 Å². The molecule has 0 aliphatic rings. The first-order valence-electron chi connectivity index (χ1n) is 6.57. The van der Waals surface area contributed by atoms with Crippen molar-refractivity contribution in [2.75, 3.05) is 11.1 Å². The third-order valence-electron chi connectivity index (χ3n) is 3.14. The Labute approximate surface area is 119 Å². The van der Waals surface area contributed by atoms with Gasteiger partial charge in [-0.2, -0.15) is 0 Å². The maximum Gasteiger partial charge on any atom is 0.305 e. The molecular weight excluding hydrogens is 278 g/mol. The molecule has 0 aliphatic heterocycles. The van der Waals surface area contributed by atoms with E-state index in [-0.39, 0.29) is 29.0 Å². The van der Waals surface area contributed by atoms with Gasteiger partial charge in [0, 0.05) is 11.7 Å². The topological polar surface area (TPSA) is 83.5 Å². The zero-order valence-electron chi connectivity index (χ0n) is 12.0. The molecule has 0 radical (unpaired) electrons. The van der Waals surface area contributed by atoms with Gasteiger partial charge in [-0.05, 0) is 30.2 Å². The quantitative estimate of drug-likeness (QED) is 0.807. The molecule has 1 aromatic carbocycles. The highest BCUT2D eigenvalue weighted by molar-refractivity contribution is 7.91. The van der Waals surface area contributed by atoms with Gasteiger partial charge in [-0.25, -0.2) is 8.42 Å². The molecule has 0 amide bonds. The Morgan fingerprint density at radius 1 is 1.25 bits per heavy atom. The molecule has 1 rings (SSSR count). The molecule has 0 saturated carbocycles. The molecule has 0 spiro atoms. The van der Waals surface area contributed by atoms with Gasteiger partial charge in [0.15, 0.2) is 9.84 Å². The van der Waals surface area contributed by atoms with Crippen molar-refractivity contribution >= 4 is 21.5 Å². The molecule has 0 saturated heterocycles. The van der Waals surface area contributed by atoms with Crippen molar-refractivity contribution in [3.8, 4) is 0 Å². The predicted molar refractivity (Wildman–Crippen MR) is 78.7 cm³/mol. The lowest BCUT2D eigenvalue weighted by Crippen LogP contribution is -2.28. The van der Waals surface area contributed by atoms with Crippen LogP contribution in [0.25, 0.3) is 0 Å². The smallest absolute Gasteiger partial charge is 0.305 e. The lowest BCUT2D eigenvalue weighted by Gasteiger charge is -2.22. The molecule has 0 aromatic heterocycles. The number of hydrogen-bond acceptors (Lipinski definition) is 4. The first kappa shape index (κ1) is 16.5. The van der Waals surface area contributed by atoms with E-state index in [0.717, 1.165) is 5.69 Å². The van der Waals surface area contributed by atoms with Crippen LogP contribution in [0.4, 0.5) is 5.69 Å². The molecule has 0 heterocycles. The average Bonchev–Trinajstić information content (AvgIpc) is 2.38. The molecule has 20 heavy (non-hydrogen) atoms. The summed E-state index contributed by atoms with van der Waals surface area (Å²) in [5, 5.41) is 12.0. The Morgan fingerprint density at radius 3 is 2.20 bits per heavy atom. The Bertz CT molecular complexity index is 549. The zero-order valence-corrected chi connectivity index (χ0v) is 12.8. The second kappa shape index (κ2) is 6.74. The van der Waals surface area contributed by atoms with Gasteiger partial charge in [0.25, 0.3) is 0 Å². The number of benzene rings is 1. The summed E-state index contributed by atoms with van der Waals surface area (Å²) in [5.41, 5.74) is 0.722. The van der Waals surface area contributed by atoms with E-state index in [9.17, 15) is 13.2 Å². The summed E-state index contributed by atoms with van der Waals surface area (Å²) in [7, 11) is -3.20. The first-order chi connectivity index (χ1) is 9.26. The fourth-order valence-corrected chi connectivity index (χ4v) is 2.66. The van der Waals surface area contributed by atoms with Gasteiger partial charge >= 0.3 is 5.97 Å². The Balaban J connectivity index is 2.85. The van der Waals surface area contributed by atoms with Crippen LogP contribution >= 0.6 is 0 Å². The highest BCUT2D eigenvalue weighted by Crippen LogP contribution is 2.19. The van der Waals surface area contributed by atoms with Crippen molar-refractivity contribution in [2.45, 2.75) is 38.1 Å². The van der Waals surface area contributed by atoms with Crippen LogP contribution in [0.15, 0.2) is 29.2 Å². The van der Waals surface area contributed by atoms with Crippen molar-refractivity contribution < 1.29 is 18.3 Å². The van der Waals surface area contributed by atoms with E-state index in [4.69, 9.17) is 5.11 Å². The minimum absolute atomic E-state index is 0.0205. The lowest BCUT2D eigenvalue weighted by atomic mass is 10.0. The zero-order chi connectivity index (χ0) is 15.3. The van der Waals surface area contributed by atoms with Crippen LogP contribution in [0.2, 0.25) is 0 Å². The number of carboxylic acid groups (broad SMARTS) is 1. The monoisotopic (exact) mass is 299 g/mol. The number of nitrogens with one attached hydrogen (secondary N) is 1. The van der Waals surface area contributed by atoms with Gasteiger partial charge in [0.05, 0.1) is 17.1 Å². The third kappa shape index (κ3) is 4.52. The normalized spacial score (nSPS) is 13.2. The number of rotatable bonds is 7. The minimum atomic E-state index is -3.20. The highest BCUT2D eigenvalue weighted by atomic mass is 32.2. The fraction of sp³-hybridized carbons (Fsp3) is 0.500. The molecule has 0 fully saturated rings. The summed E-state index contributed by atoms with van der Waals surface area (Å²) in [6.07, 6.45) is 0.0205. The molecule has 6 heteroatoms. The van der Waals surface area contributed by atoms with Crippen molar-refractivity contribution in [2.24, 2.45) is 5.92 Å².